The molecule has 174 valence electrons. The van der Waals surface area contributed by atoms with Gasteiger partial charge in [0.15, 0.2) is 11.4 Å². The van der Waals surface area contributed by atoms with Crippen molar-refractivity contribution < 1.29 is 18.7 Å². The molecule has 6 rings (SSSR count). The molecule has 2 aromatic rings. The number of carbonyl (C=O) groups is 1. The molecule has 1 aromatic carbocycles. The largest absolute Gasteiger partial charge is 0.489 e. The fraction of sp³-hybridized carbons (Fsp3) is 0.571. The van der Waals surface area contributed by atoms with E-state index in [1.54, 1.807) is 0 Å². The number of Topliss-reactive ketones (excluding diaryl/α,β-unsaturated/α-hetero) is 1. The Balaban J connectivity index is 1.77. The van der Waals surface area contributed by atoms with Gasteiger partial charge in [0.1, 0.15) is 28.8 Å². The lowest BCUT2D eigenvalue weighted by Gasteiger charge is -2.34. The molecule has 1 atom stereocenters. The van der Waals surface area contributed by atoms with Gasteiger partial charge in [0.25, 0.3) is 0 Å². The molecule has 1 aromatic heterocycles. The Bertz CT molecular complexity index is 1240. The molecule has 5 nitrogen and oxygen atoms in total. The van der Waals surface area contributed by atoms with Crippen LogP contribution in [-0.2, 0) is 0 Å². The number of ketones is 1. The number of hydrogen-bond acceptors (Lipinski definition) is 5. The highest BCUT2D eigenvalue weighted by atomic mass is 16.5. The summed E-state index contributed by atoms with van der Waals surface area (Å²) in [4.78, 5) is 26.9. The summed E-state index contributed by atoms with van der Waals surface area (Å²) in [6.45, 7) is 5.95. The average Bonchev–Trinajstić information content (AvgIpc) is 3.46. The third kappa shape index (κ3) is 3.26. The Morgan fingerprint density at radius 2 is 1.55 bits per heavy atom. The summed E-state index contributed by atoms with van der Waals surface area (Å²) in [6, 6.07) is 0. The number of ether oxygens (including phenoxy) is 2. The van der Waals surface area contributed by atoms with Gasteiger partial charge in [0.05, 0.1) is 10.9 Å². The summed E-state index contributed by atoms with van der Waals surface area (Å²) in [5.74, 6) is 1.71. The Morgan fingerprint density at radius 3 is 2.21 bits per heavy atom. The van der Waals surface area contributed by atoms with Crippen LogP contribution >= 0.6 is 0 Å². The zero-order valence-electron chi connectivity index (χ0n) is 19.8. The minimum Gasteiger partial charge on any atom is -0.489 e. The van der Waals surface area contributed by atoms with Gasteiger partial charge in [-0.15, -0.1) is 0 Å². The molecule has 3 heterocycles. The molecule has 33 heavy (non-hydrogen) atoms. The van der Waals surface area contributed by atoms with Crippen LogP contribution in [0.5, 0.6) is 11.5 Å². The first-order chi connectivity index (χ1) is 15.8. The Labute approximate surface area is 194 Å². The average molecular weight is 449 g/mol. The zero-order valence-corrected chi connectivity index (χ0v) is 19.8. The van der Waals surface area contributed by atoms with E-state index in [1.165, 1.54) is 0 Å². The molecule has 2 aliphatic heterocycles. The minimum atomic E-state index is -0.505. The number of hydrogen-bond donors (Lipinski definition) is 0. The SMILES string of the molecule is CC1CC(=O)c2c(c3c(c4c(C5CCCC5)c(C5CCCC5)c(=O)oc24)OC(C)(C)C=C3)O1. The highest BCUT2D eigenvalue weighted by Crippen LogP contribution is 2.53. The molecule has 2 fully saturated rings. The highest BCUT2D eigenvalue weighted by molar-refractivity contribution is 6.13. The molecule has 2 aliphatic carbocycles. The summed E-state index contributed by atoms with van der Waals surface area (Å²) >= 11 is 0. The highest BCUT2D eigenvalue weighted by Gasteiger charge is 2.40. The maximum atomic E-state index is 13.6. The van der Waals surface area contributed by atoms with Crippen LogP contribution < -0.4 is 15.1 Å². The van der Waals surface area contributed by atoms with Gasteiger partial charge in [0, 0.05) is 12.0 Å². The van der Waals surface area contributed by atoms with Crippen LogP contribution in [0, 0.1) is 0 Å². The van der Waals surface area contributed by atoms with E-state index < -0.39 is 5.60 Å². The molecule has 4 aliphatic rings. The second-order valence-electron chi connectivity index (χ2n) is 10.9. The molecule has 0 radical (unpaired) electrons. The van der Waals surface area contributed by atoms with Crippen LogP contribution in [0.2, 0.25) is 0 Å². The predicted molar refractivity (Wildman–Crippen MR) is 128 cm³/mol. The van der Waals surface area contributed by atoms with Gasteiger partial charge in [-0.25, -0.2) is 4.79 Å². The smallest absolute Gasteiger partial charge is 0.340 e. The minimum absolute atomic E-state index is 0.0241. The van der Waals surface area contributed by atoms with Crippen LogP contribution in [0.4, 0.5) is 0 Å². The van der Waals surface area contributed by atoms with E-state index in [2.05, 4.69) is 0 Å². The summed E-state index contributed by atoms with van der Waals surface area (Å²) in [7, 11) is 0. The topological polar surface area (TPSA) is 65.7 Å². The van der Waals surface area contributed by atoms with Crippen LogP contribution in [-0.4, -0.2) is 17.5 Å². The second kappa shape index (κ2) is 7.48. The number of carbonyl (C=O) groups excluding carboxylic acids is 1. The molecular weight excluding hydrogens is 416 g/mol. The van der Waals surface area contributed by atoms with Gasteiger partial charge in [-0.2, -0.15) is 0 Å². The van der Waals surface area contributed by atoms with E-state index in [4.69, 9.17) is 13.9 Å². The van der Waals surface area contributed by atoms with Crippen LogP contribution in [0.25, 0.3) is 17.0 Å². The zero-order chi connectivity index (χ0) is 22.9. The quantitative estimate of drug-likeness (QED) is 0.482. The van der Waals surface area contributed by atoms with Crippen molar-refractivity contribution in [2.75, 3.05) is 0 Å². The van der Waals surface area contributed by atoms with Crippen molar-refractivity contribution in [3.63, 3.8) is 0 Å². The molecule has 0 amide bonds. The van der Waals surface area contributed by atoms with Gasteiger partial charge in [-0.05, 0) is 76.0 Å². The van der Waals surface area contributed by atoms with Gasteiger partial charge < -0.3 is 13.9 Å². The first-order valence-electron chi connectivity index (χ1n) is 12.6. The molecule has 0 saturated heterocycles. The van der Waals surface area contributed by atoms with Gasteiger partial charge in [-0.3, -0.25) is 4.79 Å². The van der Waals surface area contributed by atoms with E-state index in [0.29, 0.717) is 28.6 Å². The van der Waals surface area contributed by atoms with E-state index in [1.807, 2.05) is 32.9 Å². The lowest BCUT2D eigenvalue weighted by molar-refractivity contribution is 0.0869. The fourth-order valence-electron chi connectivity index (χ4n) is 6.50. The Morgan fingerprint density at radius 1 is 0.909 bits per heavy atom. The number of rotatable bonds is 2. The maximum absolute atomic E-state index is 13.6. The lowest BCUT2D eigenvalue weighted by Crippen LogP contribution is -2.31. The van der Waals surface area contributed by atoms with Crippen LogP contribution in [0.3, 0.4) is 0 Å². The van der Waals surface area contributed by atoms with E-state index in [0.717, 1.165) is 73.4 Å². The van der Waals surface area contributed by atoms with E-state index in [9.17, 15) is 9.59 Å². The summed E-state index contributed by atoms with van der Waals surface area (Å²) < 4.78 is 18.9. The monoisotopic (exact) mass is 448 g/mol. The molecular formula is C28H32O5. The molecule has 0 N–H and O–H groups in total. The van der Waals surface area contributed by atoms with Crippen molar-refractivity contribution >= 4 is 22.8 Å². The first-order valence-corrected chi connectivity index (χ1v) is 12.6. The van der Waals surface area contributed by atoms with Crippen LogP contribution in [0.15, 0.2) is 15.3 Å². The summed E-state index contributed by atoms with van der Waals surface area (Å²) in [5.41, 5.74) is 2.78. The Kier molecular flexibility index (Phi) is 4.76. The van der Waals surface area contributed by atoms with Crippen molar-refractivity contribution in [1.82, 2.24) is 0 Å². The summed E-state index contributed by atoms with van der Waals surface area (Å²) in [6.07, 6.45) is 12.9. The third-order valence-corrected chi connectivity index (χ3v) is 7.99. The number of fused-ring (bicyclic) bond motifs is 6. The van der Waals surface area contributed by atoms with Crippen molar-refractivity contribution in [3.05, 3.63) is 38.7 Å². The third-order valence-electron chi connectivity index (χ3n) is 7.99. The molecule has 2 saturated carbocycles. The molecule has 0 spiro atoms. The predicted octanol–water partition coefficient (Wildman–Crippen LogP) is 6.65. The first kappa shape index (κ1) is 21.0. The number of benzene rings is 1. The van der Waals surface area contributed by atoms with Crippen molar-refractivity contribution in [1.29, 1.82) is 0 Å². The van der Waals surface area contributed by atoms with Crippen molar-refractivity contribution in [2.24, 2.45) is 0 Å². The molecule has 1 unspecified atom stereocenters. The van der Waals surface area contributed by atoms with E-state index >= 15 is 0 Å². The standard InChI is InChI=1S/C28H32O5/c1-15-14-19(29)22-24(31-15)18-12-13-28(2,3)33-25(18)23-20(16-8-4-5-9-16)21(17-10-6-7-11-17)27(30)32-26(22)23/h12-13,15-17H,4-11,14H2,1-3H3. The van der Waals surface area contributed by atoms with Gasteiger partial charge >= 0.3 is 5.63 Å². The van der Waals surface area contributed by atoms with Gasteiger partial charge in [0.2, 0.25) is 0 Å². The van der Waals surface area contributed by atoms with E-state index in [-0.39, 0.29) is 29.9 Å². The fourth-order valence-corrected chi connectivity index (χ4v) is 6.50. The Hall–Kier alpha value is -2.56. The van der Waals surface area contributed by atoms with Crippen molar-refractivity contribution in [3.8, 4) is 11.5 Å². The normalized spacial score (nSPS) is 24.6. The molecule has 0 bridgehead atoms. The van der Waals surface area contributed by atoms with Crippen molar-refractivity contribution in [2.45, 2.75) is 102 Å². The van der Waals surface area contributed by atoms with Crippen LogP contribution in [0.1, 0.15) is 117 Å². The second-order valence-corrected chi connectivity index (χ2v) is 10.9. The van der Waals surface area contributed by atoms with Gasteiger partial charge in [-0.1, -0.05) is 25.7 Å². The summed E-state index contributed by atoms with van der Waals surface area (Å²) in [5, 5.41) is 0.848. The molecule has 5 heteroatoms. The maximum Gasteiger partial charge on any atom is 0.340 e. The lowest BCUT2D eigenvalue weighted by atomic mass is 9.82.